The van der Waals surface area contributed by atoms with E-state index in [0.29, 0.717) is 12.0 Å². The van der Waals surface area contributed by atoms with Crippen molar-refractivity contribution in [2.75, 3.05) is 0 Å². The zero-order chi connectivity index (χ0) is 8.69. The summed E-state index contributed by atoms with van der Waals surface area (Å²) in [7, 11) is 0. The monoisotopic (exact) mass is 186 g/mol. The van der Waals surface area contributed by atoms with E-state index in [-0.39, 0.29) is 17.4 Å². The third kappa shape index (κ3) is 7.85. The minimum atomic E-state index is -0.860. The molecule has 0 aromatic carbocycles. The van der Waals surface area contributed by atoms with Gasteiger partial charge in [-0.1, -0.05) is 32.8 Å². The standard InChI is InChI=1S/C9H16O2.Al.3H/c1-3-4-5-6-7-8(2)9(10)11;;;;/h2-7H2,1H3,(H,10,11);;;;. The lowest BCUT2D eigenvalue weighted by molar-refractivity contribution is -0.132. The highest BCUT2D eigenvalue weighted by molar-refractivity contribution is 5.85. The topological polar surface area (TPSA) is 37.3 Å². The molecule has 0 rings (SSSR count). The van der Waals surface area contributed by atoms with Crippen LogP contribution in [0.15, 0.2) is 12.2 Å². The molecule has 2 nitrogen and oxygen atoms in total. The van der Waals surface area contributed by atoms with Crippen LogP contribution < -0.4 is 0 Å². The summed E-state index contributed by atoms with van der Waals surface area (Å²) in [4.78, 5) is 10.3. The number of carbonyl (C=O) groups is 1. The van der Waals surface area contributed by atoms with Crippen molar-refractivity contribution in [3.63, 3.8) is 0 Å². The maximum absolute atomic E-state index is 10.3. The summed E-state index contributed by atoms with van der Waals surface area (Å²) in [6.45, 7) is 5.58. The SMILES string of the molecule is C=C(CCCCCC)C(=O)O.[AlH3]. The fraction of sp³-hybridized carbons (Fsp3) is 0.667. The van der Waals surface area contributed by atoms with Crippen LogP contribution in [0, 0.1) is 0 Å². The number of rotatable bonds is 6. The second-order valence-electron chi connectivity index (χ2n) is 2.72. The van der Waals surface area contributed by atoms with Gasteiger partial charge in [-0.3, -0.25) is 0 Å². The molecule has 0 aliphatic heterocycles. The smallest absolute Gasteiger partial charge is 0.330 e. The molecule has 0 unspecified atom stereocenters. The molecule has 0 atom stereocenters. The van der Waals surface area contributed by atoms with Crippen molar-refractivity contribution in [2.45, 2.75) is 39.0 Å². The van der Waals surface area contributed by atoms with Crippen LogP contribution in [0.1, 0.15) is 39.0 Å². The van der Waals surface area contributed by atoms with Crippen LogP contribution in [0.2, 0.25) is 0 Å². The van der Waals surface area contributed by atoms with Crippen LogP contribution in [0.5, 0.6) is 0 Å². The van der Waals surface area contributed by atoms with Crippen molar-refractivity contribution in [1.82, 2.24) is 0 Å². The van der Waals surface area contributed by atoms with Gasteiger partial charge < -0.3 is 5.11 Å². The molecule has 0 saturated carbocycles. The average molecular weight is 186 g/mol. The minimum absolute atomic E-state index is 0. The Labute approximate surface area is 84.8 Å². The second kappa shape index (κ2) is 8.84. The van der Waals surface area contributed by atoms with E-state index in [1.54, 1.807) is 0 Å². The predicted molar refractivity (Wildman–Crippen MR) is 55.5 cm³/mol. The maximum Gasteiger partial charge on any atom is 0.330 e. The summed E-state index contributed by atoms with van der Waals surface area (Å²) < 4.78 is 0. The van der Waals surface area contributed by atoms with Crippen molar-refractivity contribution in [3.8, 4) is 0 Å². The number of unbranched alkanes of at least 4 members (excludes halogenated alkanes) is 3. The molecule has 0 fully saturated rings. The third-order valence-corrected chi connectivity index (χ3v) is 1.63. The van der Waals surface area contributed by atoms with Crippen LogP contribution in [-0.2, 0) is 4.79 Å². The van der Waals surface area contributed by atoms with Crippen molar-refractivity contribution in [1.29, 1.82) is 0 Å². The Hall–Kier alpha value is -0.258. The first-order valence-electron chi connectivity index (χ1n) is 4.09. The number of hydrogen-bond donors (Lipinski definition) is 1. The first-order valence-corrected chi connectivity index (χ1v) is 4.09. The van der Waals surface area contributed by atoms with Crippen molar-refractivity contribution in [3.05, 3.63) is 12.2 Å². The molecule has 70 valence electrons. The van der Waals surface area contributed by atoms with Crippen molar-refractivity contribution < 1.29 is 9.90 Å². The van der Waals surface area contributed by atoms with Gasteiger partial charge >= 0.3 is 5.97 Å². The summed E-state index contributed by atoms with van der Waals surface area (Å²) in [6, 6.07) is 0. The highest BCUT2D eigenvalue weighted by Gasteiger charge is 2.01. The Morgan fingerprint density at radius 3 is 2.33 bits per heavy atom. The number of aliphatic carboxylic acids is 1. The average Bonchev–Trinajstić information content (AvgIpc) is 1.97. The molecule has 0 aliphatic rings. The van der Waals surface area contributed by atoms with Crippen LogP contribution in [0.3, 0.4) is 0 Å². The van der Waals surface area contributed by atoms with Gasteiger partial charge in [0.15, 0.2) is 17.4 Å². The maximum atomic E-state index is 10.3. The van der Waals surface area contributed by atoms with Crippen LogP contribution in [0.25, 0.3) is 0 Å². The first kappa shape index (κ1) is 14.3. The Morgan fingerprint density at radius 1 is 1.33 bits per heavy atom. The summed E-state index contributed by atoms with van der Waals surface area (Å²) in [5.41, 5.74) is 0.334. The van der Waals surface area contributed by atoms with Crippen molar-refractivity contribution in [2.24, 2.45) is 0 Å². The lowest BCUT2D eigenvalue weighted by Crippen LogP contribution is -1.98. The fourth-order valence-electron chi connectivity index (χ4n) is 0.872. The van der Waals surface area contributed by atoms with Gasteiger partial charge in [-0.2, -0.15) is 0 Å². The number of carboxylic acid groups (broad SMARTS) is 1. The largest absolute Gasteiger partial charge is 0.478 e. The first-order chi connectivity index (χ1) is 5.18. The van der Waals surface area contributed by atoms with Gasteiger partial charge in [-0.25, -0.2) is 4.79 Å². The minimum Gasteiger partial charge on any atom is -0.478 e. The molecule has 3 heteroatoms. The number of hydrogen-bond acceptors (Lipinski definition) is 1. The highest BCUT2D eigenvalue weighted by atomic mass is 27.0. The van der Waals surface area contributed by atoms with E-state index in [0.717, 1.165) is 12.8 Å². The van der Waals surface area contributed by atoms with E-state index >= 15 is 0 Å². The Kier molecular flexibility index (Phi) is 10.5. The lowest BCUT2D eigenvalue weighted by Gasteiger charge is -1.98. The summed E-state index contributed by atoms with van der Waals surface area (Å²) in [5, 5.41) is 8.44. The Bertz CT molecular complexity index is 143. The highest BCUT2D eigenvalue weighted by Crippen LogP contribution is 2.07. The molecule has 12 heavy (non-hydrogen) atoms. The van der Waals surface area contributed by atoms with Crippen LogP contribution >= 0.6 is 0 Å². The summed E-state index contributed by atoms with van der Waals surface area (Å²) in [5.74, 6) is -0.860. The van der Waals surface area contributed by atoms with Gasteiger partial charge in [0, 0.05) is 5.57 Å². The fourth-order valence-corrected chi connectivity index (χ4v) is 0.872. The summed E-state index contributed by atoms with van der Waals surface area (Å²) in [6.07, 6.45) is 5.07. The van der Waals surface area contributed by atoms with E-state index in [1.165, 1.54) is 12.8 Å². The molecular formula is C9H19AlO2. The predicted octanol–water partition coefficient (Wildman–Crippen LogP) is 1.41. The van der Waals surface area contributed by atoms with E-state index in [1.807, 2.05) is 0 Å². The Morgan fingerprint density at radius 2 is 1.92 bits per heavy atom. The molecule has 0 radical (unpaired) electrons. The zero-order valence-electron chi connectivity index (χ0n) is 7.10. The van der Waals surface area contributed by atoms with E-state index in [4.69, 9.17) is 5.11 Å². The molecule has 0 aromatic rings. The van der Waals surface area contributed by atoms with Gasteiger partial charge in [-0.05, 0) is 12.8 Å². The molecule has 0 spiro atoms. The lowest BCUT2D eigenvalue weighted by atomic mass is 10.1. The Balaban J connectivity index is 0. The van der Waals surface area contributed by atoms with Crippen molar-refractivity contribution >= 4 is 23.3 Å². The molecule has 0 aliphatic carbocycles. The van der Waals surface area contributed by atoms with E-state index in [9.17, 15) is 4.79 Å². The molecule has 0 aromatic heterocycles. The molecular weight excluding hydrogens is 167 g/mol. The molecule has 0 heterocycles. The van der Waals surface area contributed by atoms with Crippen LogP contribution in [-0.4, -0.2) is 28.4 Å². The van der Waals surface area contributed by atoms with Gasteiger partial charge in [-0.15, -0.1) is 0 Å². The number of carboxylic acids is 1. The van der Waals surface area contributed by atoms with Gasteiger partial charge in [0.25, 0.3) is 0 Å². The zero-order valence-corrected chi connectivity index (χ0v) is 7.10. The quantitative estimate of drug-likeness (QED) is 0.387. The normalized spacial score (nSPS) is 8.75. The van der Waals surface area contributed by atoms with E-state index in [2.05, 4.69) is 13.5 Å². The van der Waals surface area contributed by atoms with Crippen LogP contribution in [0.4, 0.5) is 0 Å². The third-order valence-electron chi connectivity index (χ3n) is 1.63. The summed E-state index contributed by atoms with van der Waals surface area (Å²) >= 11 is 0. The van der Waals surface area contributed by atoms with E-state index < -0.39 is 5.97 Å². The molecule has 0 bridgehead atoms. The van der Waals surface area contributed by atoms with Gasteiger partial charge in [0.1, 0.15) is 0 Å². The molecule has 1 N–H and O–H groups in total. The van der Waals surface area contributed by atoms with Gasteiger partial charge in [0.05, 0.1) is 0 Å². The van der Waals surface area contributed by atoms with Gasteiger partial charge in [0.2, 0.25) is 0 Å². The molecule has 0 amide bonds. The second-order valence-corrected chi connectivity index (χ2v) is 2.72. The molecule has 0 saturated heterocycles.